The fourth-order valence-corrected chi connectivity index (χ4v) is 2.67. The molecule has 0 radical (unpaired) electrons. The molecule has 0 aliphatic carbocycles. The molecular formula is C18H21BrClN. The van der Waals surface area contributed by atoms with Crippen LogP contribution in [0.2, 0.25) is 5.02 Å². The molecule has 0 bridgehead atoms. The van der Waals surface area contributed by atoms with Crippen molar-refractivity contribution in [3.8, 4) is 0 Å². The van der Waals surface area contributed by atoms with Crippen molar-refractivity contribution in [3.05, 3.63) is 63.1 Å². The van der Waals surface area contributed by atoms with E-state index in [1.165, 1.54) is 36.8 Å². The molecule has 0 aliphatic heterocycles. The normalized spacial score (nSPS) is 10.6. The van der Waals surface area contributed by atoms with Gasteiger partial charge in [-0.2, -0.15) is 0 Å². The number of rotatable bonds is 7. The summed E-state index contributed by atoms with van der Waals surface area (Å²) in [5.41, 5.74) is 3.74. The minimum Gasteiger partial charge on any atom is -0.381 e. The lowest BCUT2D eigenvalue weighted by molar-refractivity contribution is 0.717. The maximum Gasteiger partial charge on any atom is 0.0551 e. The predicted molar refractivity (Wildman–Crippen MR) is 96.1 cm³/mol. The minimum absolute atomic E-state index is 0.751. The Balaban J connectivity index is 1.86. The second-order valence-corrected chi connectivity index (χ2v) is 6.52. The maximum atomic E-state index is 6.10. The summed E-state index contributed by atoms with van der Waals surface area (Å²) in [6.07, 6.45) is 5.04. The SMILES string of the molecule is CCCCCc1ccc(NCc2ccc(Br)c(Cl)c2)cc1. The molecule has 21 heavy (non-hydrogen) atoms. The molecule has 0 spiro atoms. The van der Waals surface area contributed by atoms with Gasteiger partial charge in [-0.25, -0.2) is 0 Å². The Bertz CT molecular complexity index is 566. The molecule has 112 valence electrons. The molecule has 0 heterocycles. The molecule has 1 N–H and O–H groups in total. The largest absolute Gasteiger partial charge is 0.381 e. The molecular weight excluding hydrogens is 346 g/mol. The van der Waals surface area contributed by atoms with Crippen LogP contribution < -0.4 is 5.32 Å². The van der Waals surface area contributed by atoms with E-state index in [1.807, 2.05) is 12.1 Å². The zero-order valence-electron chi connectivity index (χ0n) is 12.3. The first-order chi connectivity index (χ1) is 10.2. The number of benzene rings is 2. The molecule has 0 unspecified atom stereocenters. The van der Waals surface area contributed by atoms with E-state index in [2.05, 4.69) is 58.5 Å². The predicted octanol–water partition coefficient (Wildman–Crippen LogP) is 6.45. The molecule has 0 aromatic heterocycles. The fraction of sp³-hybridized carbons (Fsp3) is 0.333. The summed E-state index contributed by atoms with van der Waals surface area (Å²) in [7, 11) is 0. The molecule has 0 atom stereocenters. The van der Waals surface area contributed by atoms with Gasteiger partial charge in [0.05, 0.1) is 5.02 Å². The first-order valence-corrected chi connectivity index (χ1v) is 8.63. The van der Waals surface area contributed by atoms with Crippen molar-refractivity contribution in [2.75, 3.05) is 5.32 Å². The third kappa shape index (κ3) is 5.37. The molecule has 0 saturated carbocycles. The number of anilines is 1. The maximum absolute atomic E-state index is 6.10. The van der Waals surface area contributed by atoms with Gasteiger partial charge in [0.15, 0.2) is 0 Å². The molecule has 0 saturated heterocycles. The van der Waals surface area contributed by atoms with E-state index in [1.54, 1.807) is 0 Å². The first-order valence-electron chi connectivity index (χ1n) is 7.46. The fourth-order valence-electron chi connectivity index (χ4n) is 2.22. The summed E-state index contributed by atoms with van der Waals surface area (Å²) in [5.74, 6) is 0. The molecule has 0 fully saturated rings. The second-order valence-electron chi connectivity index (χ2n) is 5.26. The topological polar surface area (TPSA) is 12.0 Å². The third-order valence-electron chi connectivity index (χ3n) is 3.50. The molecule has 2 aromatic carbocycles. The zero-order valence-corrected chi connectivity index (χ0v) is 14.7. The van der Waals surface area contributed by atoms with Crippen LogP contribution in [0, 0.1) is 0 Å². The van der Waals surface area contributed by atoms with E-state index in [4.69, 9.17) is 11.6 Å². The Morgan fingerprint density at radius 3 is 2.38 bits per heavy atom. The van der Waals surface area contributed by atoms with Gasteiger partial charge >= 0.3 is 0 Å². The van der Waals surface area contributed by atoms with Crippen molar-refractivity contribution in [1.82, 2.24) is 0 Å². The Morgan fingerprint density at radius 2 is 1.71 bits per heavy atom. The smallest absolute Gasteiger partial charge is 0.0551 e. The van der Waals surface area contributed by atoms with Crippen LogP contribution in [0.15, 0.2) is 46.9 Å². The highest BCUT2D eigenvalue weighted by atomic mass is 79.9. The van der Waals surface area contributed by atoms with Crippen molar-refractivity contribution >= 4 is 33.2 Å². The van der Waals surface area contributed by atoms with Crippen LogP contribution in [0.3, 0.4) is 0 Å². The van der Waals surface area contributed by atoms with Gasteiger partial charge in [-0.1, -0.05) is 49.6 Å². The molecule has 2 rings (SSSR count). The highest BCUT2D eigenvalue weighted by Gasteiger charge is 2.00. The number of aryl methyl sites for hydroxylation is 1. The first kappa shape index (κ1) is 16.4. The highest BCUT2D eigenvalue weighted by Crippen LogP contribution is 2.23. The molecule has 0 amide bonds. The van der Waals surface area contributed by atoms with Gasteiger partial charge in [0.25, 0.3) is 0 Å². The van der Waals surface area contributed by atoms with Crippen molar-refractivity contribution in [3.63, 3.8) is 0 Å². The van der Waals surface area contributed by atoms with Crippen LogP contribution in [-0.4, -0.2) is 0 Å². The lowest BCUT2D eigenvalue weighted by atomic mass is 10.1. The average molecular weight is 367 g/mol. The number of hydrogen-bond donors (Lipinski definition) is 1. The van der Waals surface area contributed by atoms with E-state index >= 15 is 0 Å². The van der Waals surface area contributed by atoms with Crippen LogP contribution in [0.5, 0.6) is 0 Å². The standard InChI is InChI=1S/C18H21BrClN/c1-2-3-4-5-14-6-9-16(10-7-14)21-13-15-8-11-17(19)18(20)12-15/h6-12,21H,2-5,13H2,1H3. The number of hydrogen-bond acceptors (Lipinski definition) is 1. The lowest BCUT2D eigenvalue weighted by Crippen LogP contribution is -1.99. The summed E-state index contributed by atoms with van der Waals surface area (Å²) in [6, 6.07) is 14.8. The van der Waals surface area contributed by atoms with Gasteiger partial charge in [0.2, 0.25) is 0 Å². The van der Waals surface area contributed by atoms with Crippen LogP contribution in [0.4, 0.5) is 5.69 Å². The van der Waals surface area contributed by atoms with Gasteiger partial charge < -0.3 is 5.32 Å². The summed E-state index contributed by atoms with van der Waals surface area (Å²) >= 11 is 9.51. The van der Waals surface area contributed by atoms with Crippen molar-refractivity contribution in [2.24, 2.45) is 0 Å². The van der Waals surface area contributed by atoms with Gasteiger partial charge in [0, 0.05) is 16.7 Å². The van der Waals surface area contributed by atoms with Crippen LogP contribution in [-0.2, 0) is 13.0 Å². The minimum atomic E-state index is 0.751. The van der Waals surface area contributed by atoms with Crippen LogP contribution in [0.1, 0.15) is 37.3 Å². The molecule has 3 heteroatoms. The highest BCUT2D eigenvalue weighted by molar-refractivity contribution is 9.10. The summed E-state index contributed by atoms with van der Waals surface area (Å²) in [4.78, 5) is 0. The zero-order chi connectivity index (χ0) is 15.1. The van der Waals surface area contributed by atoms with Gasteiger partial charge in [-0.3, -0.25) is 0 Å². The molecule has 0 aliphatic rings. The van der Waals surface area contributed by atoms with Crippen molar-refractivity contribution in [1.29, 1.82) is 0 Å². The second kappa shape index (κ2) is 8.45. The van der Waals surface area contributed by atoms with E-state index in [-0.39, 0.29) is 0 Å². The Labute approximate surface area is 140 Å². The van der Waals surface area contributed by atoms with Crippen LogP contribution in [0.25, 0.3) is 0 Å². The van der Waals surface area contributed by atoms with Gasteiger partial charge in [0.1, 0.15) is 0 Å². The number of nitrogens with one attached hydrogen (secondary N) is 1. The van der Waals surface area contributed by atoms with Crippen molar-refractivity contribution < 1.29 is 0 Å². The Kier molecular flexibility index (Phi) is 6.59. The summed E-state index contributed by atoms with van der Waals surface area (Å²) in [5, 5.41) is 4.18. The quantitative estimate of drug-likeness (QED) is 0.555. The monoisotopic (exact) mass is 365 g/mol. The lowest BCUT2D eigenvalue weighted by Gasteiger charge is -2.08. The van der Waals surface area contributed by atoms with E-state index in [0.29, 0.717) is 0 Å². The van der Waals surface area contributed by atoms with Crippen molar-refractivity contribution in [2.45, 2.75) is 39.2 Å². The number of halogens is 2. The average Bonchev–Trinajstić information content (AvgIpc) is 2.50. The van der Waals surface area contributed by atoms with E-state index in [0.717, 1.165) is 21.7 Å². The Morgan fingerprint density at radius 1 is 1.00 bits per heavy atom. The third-order valence-corrected chi connectivity index (χ3v) is 4.74. The summed E-state index contributed by atoms with van der Waals surface area (Å²) < 4.78 is 0.935. The number of unbranched alkanes of at least 4 members (excludes halogenated alkanes) is 2. The summed E-state index contributed by atoms with van der Waals surface area (Å²) in [6.45, 7) is 3.02. The van der Waals surface area contributed by atoms with Gasteiger partial charge in [-0.05, 0) is 64.2 Å². The van der Waals surface area contributed by atoms with Gasteiger partial charge in [-0.15, -0.1) is 0 Å². The van der Waals surface area contributed by atoms with E-state index in [9.17, 15) is 0 Å². The molecule has 2 aromatic rings. The van der Waals surface area contributed by atoms with E-state index < -0.39 is 0 Å². The van der Waals surface area contributed by atoms with Crippen LogP contribution >= 0.6 is 27.5 Å². The Hall–Kier alpha value is -0.990. The molecule has 1 nitrogen and oxygen atoms in total.